The fourth-order valence-corrected chi connectivity index (χ4v) is 3.25. The molecule has 0 saturated heterocycles. The van der Waals surface area contributed by atoms with Gasteiger partial charge in [0.1, 0.15) is 12.4 Å². The number of aliphatic imine (C=N–C) groups is 1. The second kappa shape index (κ2) is 8.21. The average molecular weight is 387 g/mol. The molecule has 2 aromatic rings. The molecule has 1 N–H and O–H groups in total. The van der Waals surface area contributed by atoms with Crippen molar-refractivity contribution in [1.82, 2.24) is 5.32 Å². The maximum Gasteiger partial charge on any atom is 0.286 e. The third-order valence-electron chi connectivity index (χ3n) is 3.43. The lowest BCUT2D eigenvalue weighted by Gasteiger charge is -2.08. The number of nitrogens with zero attached hydrogens (tertiary/aromatic N) is 1. The first kappa shape index (κ1) is 18.2. The van der Waals surface area contributed by atoms with Crippen LogP contribution < -0.4 is 10.1 Å². The lowest BCUT2D eigenvalue weighted by atomic mass is 10.2. The molecule has 5 nitrogen and oxygen atoms in total. The van der Waals surface area contributed by atoms with Crippen molar-refractivity contribution in [3.05, 3.63) is 69.6 Å². The van der Waals surface area contributed by atoms with Crippen LogP contribution >= 0.6 is 23.4 Å². The number of amides is 2. The van der Waals surface area contributed by atoms with Crippen LogP contribution in [0.1, 0.15) is 18.1 Å². The molecule has 26 heavy (non-hydrogen) atoms. The third-order valence-corrected chi connectivity index (χ3v) is 4.70. The Morgan fingerprint density at radius 3 is 2.65 bits per heavy atom. The number of halogens is 1. The second-order valence-corrected chi connectivity index (χ2v) is 6.90. The van der Waals surface area contributed by atoms with Crippen LogP contribution in [0.4, 0.5) is 0 Å². The monoisotopic (exact) mass is 386 g/mol. The van der Waals surface area contributed by atoms with Crippen molar-refractivity contribution in [2.24, 2.45) is 4.99 Å². The van der Waals surface area contributed by atoms with Crippen LogP contribution in [0.25, 0.3) is 6.08 Å². The summed E-state index contributed by atoms with van der Waals surface area (Å²) < 4.78 is 5.73. The van der Waals surface area contributed by atoms with Gasteiger partial charge in [-0.3, -0.25) is 9.59 Å². The summed E-state index contributed by atoms with van der Waals surface area (Å²) in [5.74, 6) is 0.0794. The molecule has 0 atom stereocenters. The van der Waals surface area contributed by atoms with E-state index in [2.05, 4.69) is 10.3 Å². The molecule has 7 heteroatoms. The minimum Gasteiger partial charge on any atom is -0.489 e. The van der Waals surface area contributed by atoms with Gasteiger partial charge in [0.2, 0.25) is 5.91 Å². The highest BCUT2D eigenvalue weighted by Crippen LogP contribution is 2.28. The molecule has 0 aromatic heterocycles. The SMILES string of the molecule is CC(=O)NC1=NC(=O)C(=Cc2ccc(OCc3ccccc3Cl)cc2)S1. The van der Waals surface area contributed by atoms with E-state index in [0.29, 0.717) is 27.5 Å². The zero-order valence-corrected chi connectivity index (χ0v) is 15.4. The summed E-state index contributed by atoms with van der Waals surface area (Å²) in [6.45, 7) is 1.75. The Morgan fingerprint density at radius 2 is 1.96 bits per heavy atom. The molecule has 3 rings (SSSR count). The lowest BCUT2D eigenvalue weighted by molar-refractivity contribution is -0.117. The van der Waals surface area contributed by atoms with Gasteiger partial charge in [-0.05, 0) is 41.6 Å². The van der Waals surface area contributed by atoms with Crippen molar-refractivity contribution in [2.45, 2.75) is 13.5 Å². The van der Waals surface area contributed by atoms with Gasteiger partial charge >= 0.3 is 0 Å². The molecule has 2 amide bonds. The Labute approximate surface area is 160 Å². The largest absolute Gasteiger partial charge is 0.489 e. The number of hydrogen-bond donors (Lipinski definition) is 1. The van der Waals surface area contributed by atoms with Crippen LogP contribution in [0.3, 0.4) is 0 Å². The Bertz CT molecular complexity index is 907. The van der Waals surface area contributed by atoms with Gasteiger partial charge in [0.15, 0.2) is 5.17 Å². The zero-order valence-electron chi connectivity index (χ0n) is 13.9. The summed E-state index contributed by atoms with van der Waals surface area (Å²) in [5.41, 5.74) is 1.75. The van der Waals surface area contributed by atoms with Gasteiger partial charge in [-0.2, -0.15) is 4.99 Å². The Balaban J connectivity index is 1.62. The van der Waals surface area contributed by atoms with Gasteiger partial charge < -0.3 is 10.1 Å². The molecule has 0 aliphatic carbocycles. The summed E-state index contributed by atoms with van der Waals surface area (Å²) in [4.78, 5) is 27.2. The number of nitrogens with one attached hydrogen (secondary N) is 1. The number of hydrogen-bond acceptors (Lipinski definition) is 4. The molecule has 0 saturated carbocycles. The highest BCUT2D eigenvalue weighted by molar-refractivity contribution is 8.18. The van der Waals surface area contributed by atoms with Crippen molar-refractivity contribution in [3.63, 3.8) is 0 Å². The van der Waals surface area contributed by atoms with E-state index >= 15 is 0 Å². The first-order chi connectivity index (χ1) is 12.5. The molecule has 0 bridgehead atoms. The van der Waals surface area contributed by atoms with E-state index in [1.54, 1.807) is 6.08 Å². The topological polar surface area (TPSA) is 67.8 Å². The van der Waals surface area contributed by atoms with E-state index in [9.17, 15) is 9.59 Å². The van der Waals surface area contributed by atoms with Crippen molar-refractivity contribution < 1.29 is 14.3 Å². The number of amidine groups is 1. The van der Waals surface area contributed by atoms with E-state index in [0.717, 1.165) is 22.9 Å². The molecule has 0 radical (unpaired) electrons. The van der Waals surface area contributed by atoms with Gasteiger partial charge in [0.25, 0.3) is 5.91 Å². The van der Waals surface area contributed by atoms with Gasteiger partial charge in [-0.25, -0.2) is 0 Å². The molecule has 1 aliphatic heterocycles. The molecule has 0 unspecified atom stereocenters. The number of thioether (sulfide) groups is 1. The predicted octanol–water partition coefficient (Wildman–Crippen LogP) is 4.03. The summed E-state index contributed by atoms with van der Waals surface area (Å²) >= 11 is 7.25. The van der Waals surface area contributed by atoms with Crippen molar-refractivity contribution >= 4 is 46.4 Å². The van der Waals surface area contributed by atoms with Crippen LogP contribution in [0.15, 0.2) is 58.4 Å². The first-order valence-corrected chi connectivity index (χ1v) is 8.97. The quantitative estimate of drug-likeness (QED) is 0.805. The smallest absolute Gasteiger partial charge is 0.286 e. The van der Waals surface area contributed by atoms with E-state index in [-0.39, 0.29) is 11.8 Å². The van der Waals surface area contributed by atoms with Crippen LogP contribution in [0, 0.1) is 0 Å². The summed E-state index contributed by atoms with van der Waals surface area (Å²) in [6, 6.07) is 14.9. The summed E-state index contributed by atoms with van der Waals surface area (Å²) in [5, 5.41) is 3.48. The Kier molecular flexibility index (Phi) is 5.75. The number of benzene rings is 2. The maximum absolute atomic E-state index is 11.9. The molecule has 0 fully saturated rings. The van der Waals surface area contributed by atoms with Crippen LogP contribution in [-0.4, -0.2) is 17.0 Å². The van der Waals surface area contributed by atoms with Crippen LogP contribution in [0.2, 0.25) is 5.02 Å². The standard InChI is InChI=1S/C19H15ClN2O3S/c1-12(23)21-19-22-18(24)17(26-19)10-13-6-8-15(9-7-13)25-11-14-4-2-3-5-16(14)20/h2-10H,11H2,1H3,(H,21,22,23,24). The predicted molar refractivity (Wildman–Crippen MR) is 104 cm³/mol. The maximum atomic E-state index is 11.9. The van der Waals surface area contributed by atoms with Crippen LogP contribution in [0.5, 0.6) is 5.75 Å². The van der Waals surface area contributed by atoms with E-state index < -0.39 is 0 Å². The van der Waals surface area contributed by atoms with E-state index in [1.807, 2.05) is 48.5 Å². The van der Waals surface area contributed by atoms with Crippen molar-refractivity contribution in [2.75, 3.05) is 0 Å². The van der Waals surface area contributed by atoms with Crippen molar-refractivity contribution in [1.29, 1.82) is 0 Å². The van der Waals surface area contributed by atoms with Crippen molar-refractivity contribution in [3.8, 4) is 5.75 Å². The molecular weight excluding hydrogens is 372 g/mol. The molecule has 2 aromatic carbocycles. The molecule has 1 aliphatic rings. The number of ether oxygens (including phenoxy) is 1. The minimum atomic E-state index is -0.363. The van der Waals surface area contributed by atoms with Gasteiger partial charge in [0.05, 0.1) is 4.91 Å². The van der Waals surface area contributed by atoms with E-state index in [4.69, 9.17) is 16.3 Å². The molecular formula is C19H15ClN2O3S. The third kappa shape index (κ3) is 4.74. The van der Waals surface area contributed by atoms with Gasteiger partial charge in [0, 0.05) is 17.5 Å². The highest BCUT2D eigenvalue weighted by Gasteiger charge is 2.22. The average Bonchev–Trinajstić information content (AvgIpc) is 2.94. The minimum absolute atomic E-state index is 0.259. The van der Waals surface area contributed by atoms with Gasteiger partial charge in [-0.1, -0.05) is 41.9 Å². The summed E-state index contributed by atoms with van der Waals surface area (Å²) in [7, 11) is 0. The number of carbonyl (C=O) groups excluding carboxylic acids is 2. The molecule has 132 valence electrons. The fraction of sp³-hybridized carbons (Fsp3) is 0.105. The Morgan fingerprint density at radius 1 is 1.23 bits per heavy atom. The van der Waals surface area contributed by atoms with E-state index in [1.165, 1.54) is 6.92 Å². The first-order valence-electron chi connectivity index (χ1n) is 7.78. The zero-order chi connectivity index (χ0) is 18.5. The number of carbonyl (C=O) groups is 2. The second-order valence-electron chi connectivity index (χ2n) is 5.46. The highest BCUT2D eigenvalue weighted by atomic mass is 35.5. The van der Waals surface area contributed by atoms with Gasteiger partial charge in [-0.15, -0.1) is 0 Å². The van der Waals surface area contributed by atoms with Crippen LogP contribution in [-0.2, 0) is 16.2 Å². The lowest BCUT2D eigenvalue weighted by Crippen LogP contribution is -2.23. The molecule has 1 heterocycles. The normalized spacial score (nSPS) is 15.1. The Hall–Kier alpha value is -2.57. The molecule has 0 spiro atoms. The number of rotatable bonds is 4. The summed E-state index contributed by atoms with van der Waals surface area (Å²) in [6.07, 6.45) is 1.73. The fourth-order valence-electron chi connectivity index (χ4n) is 2.20.